The molecule has 3 aromatic rings. The quantitative estimate of drug-likeness (QED) is 0.392. The van der Waals surface area contributed by atoms with E-state index in [0.717, 1.165) is 6.07 Å². The summed E-state index contributed by atoms with van der Waals surface area (Å²) < 4.78 is 130. The molecule has 1 aliphatic heterocycles. The van der Waals surface area contributed by atoms with Crippen molar-refractivity contribution in [1.82, 2.24) is 29.4 Å². The summed E-state index contributed by atoms with van der Waals surface area (Å²) in [5.41, 5.74) is -3.09. The molecule has 4 rings (SSSR count). The van der Waals surface area contributed by atoms with Crippen LogP contribution in [0.3, 0.4) is 0 Å². The smallest absolute Gasteiger partial charge is 0.277 e. The molecule has 11 heteroatoms. The van der Waals surface area contributed by atoms with E-state index < -0.39 is 78.5 Å². The zero-order chi connectivity index (χ0) is 36.0. The molecule has 196 valence electrons. The zero-order valence-electron chi connectivity index (χ0n) is 31.7. The zero-order valence-corrected chi connectivity index (χ0v) is 20.5. The van der Waals surface area contributed by atoms with Crippen molar-refractivity contribution in [2.45, 2.75) is 63.2 Å². The molecule has 0 saturated carbocycles. The molecule has 36 heavy (non-hydrogen) atoms. The predicted octanol–water partition coefficient (Wildman–Crippen LogP) is 2.83. The third-order valence-electron chi connectivity index (χ3n) is 5.77. The first kappa shape index (κ1) is 14.8. The Kier molecular flexibility index (Phi) is 4.58. The number of ether oxygens (including phenoxy) is 1. The molecule has 2 aromatic heterocycles. The summed E-state index contributed by atoms with van der Waals surface area (Å²) in [5, 5.41) is 3.79. The van der Waals surface area contributed by atoms with E-state index in [4.69, 9.17) is 21.2 Å². The van der Waals surface area contributed by atoms with Crippen LogP contribution in [0, 0.1) is 0 Å². The van der Waals surface area contributed by atoms with Gasteiger partial charge in [-0.1, -0.05) is 20.2 Å². The van der Waals surface area contributed by atoms with Crippen molar-refractivity contribution in [2.75, 3.05) is 26.6 Å². The van der Waals surface area contributed by atoms with Crippen molar-refractivity contribution >= 4 is 21.1 Å². The number of H-pyrrole nitrogens is 1. The Bertz CT molecular complexity index is 1800. The first-order valence-corrected chi connectivity index (χ1v) is 13.0. The molecule has 10 nitrogen and oxygen atoms in total. The molecule has 0 aliphatic carbocycles. The van der Waals surface area contributed by atoms with E-state index in [0.29, 0.717) is 25.8 Å². The molecule has 3 heterocycles. The molecular formula is C25H36N6O4S. The van der Waals surface area contributed by atoms with Crippen molar-refractivity contribution in [3.8, 4) is 17.1 Å². The largest absolute Gasteiger partial charge is 0.493 e. The van der Waals surface area contributed by atoms with Crippen molar-refractivity contribution in [3.05, 3.63) is 34.2 Å². The molecule has 1 aromatic carbocycles. The van der Waals surface area contributed by atoms with Gasteiger partial charge in [-0.3, -0.25) is 9.48 Å². The Labute approximate surface area is 229 Å². The summed E-state index contributed by atoms with van der Waals surface area (Å²) in [6.45, 7) is -7.43. The van der Waals surface area contributed by atoms with Gasteiger partial charge in [-0.2, -0.15) is 5.10 Å². The lowest BCUT2D eigenvalue weighted by atomic mass is 10.1. The number of rotatable bonds is 11. The fourth-order valence-electron chi connectivity index (χ4n) is 4.00. The highest BCUT2D eigenvalue weighted by Gasteiger charge is 2.23. The number of aromatic nitrogens is 4. The maximum atomic E-state index is 13.4. The summed E-state index contributed by atoms with van der Waals surface area (Å²) >= 11 is 0. The number of sulfonamides is 1. The fourth-order valence-corrected chi connectivity index (χ4v) is 4.97. The van der Waals surface area contributed by atoms with Crippen molar-refractivity contribution in [3.63, 3.8) is 0 Å². The normalized spacial score (nSPS) is 24.0. The third kappa shape index (κ3) is 5.47. The van der Waals surface area contributed by atoms with Crippen molar-refractivity contribution in [1.29, 1.82) is 0 Å². The van der Waals surface area contributed by atoms with E-state index in [1.54, 1.807) is 0 Å². The standard InChI is InChI=1S/C25H36N6O4S/c1-5-8-20-22-23(31(4)29-20)25(32)28-24(27-22)19-16-18(10-11-21(19)35-15-6-2)36(33,34)26-13-12-17-9-7-14-30(17)3/h10-11,16-17,26H,5-9,12-15H2,1-4H3,(H,27,28,32)/i1D3,3D3,4D3,8D2,13D. The maximum absolute atomic E-state index is 13.4. The first-order chi connectivity index (χ1) is 21.9. The Morgan fingerprint density at radius 2 is 2.22 bits per heavy atom. The number of benzene rings is 1. The van der Waals surface area contributed by atoms with Crippen LogP contribution >= 0.6 is 0 Å². The van der Waals surface area contributed by atoms with Gasteiger partial charge < -0.3 is 14.6 Å². The van der Waals surface area contributed by atoms with E-state index in [1.165, 1.54) is 17.0 Å². The second-order valence-electron chi connectivity index (χ2n) is 8.28. The number of hydrogen-bond donors (Lipinski definition) is 2. The van der Waals surface area contributed by atoms with Gasteiger partial charge in [-0.05, 0) is 63.8 Å². The summed E-state index contributed by atoms with van der Waals surface area (Å²) in [7, 11) is -4.43. The van der Waals surface area contributed by atoms with Crippen LogP contribution in [0.2, 0.25) is 0 Å². The Morgan fingerprint density at radius 1 is 1.33 bits per heavy atom. The number of fused-ring (bicyclic) bond motifs is 1. The van der Waals surface area contributed by atoms with Crippen LogP contribution in [0.1, 0.15) is 68.0 Å². The molecule has 0 amide bonds. The monoisotopic (exact) mass is 528 g/mol. The van der Waals surface area contributed by atoms with Gasteiger partial charge in [0.15, 0.2) is 5.52 Å². The molecule has 0 spiro atoms. The second-order valence-corrected chi connectivity index (χ2v) is 10.00. The lowest BCUT2D eigenvalue weighted by molar-refractivity contribution is 0.297. The lowest BCUT2D eigenvalue weighted by Gasteiger charge is -2.19. The van der Waals surface area contributed by atoms with Gasteiger partial charge in [-0.15, -0.1) is 0 Å². The molecule has 2 N–H and O–H groups in total. The average Bonchev–Trinajstić information content (AvgIpc) is 3.56. The molecule has 2 atom stereocenters. The molecule has 1 saturated heterocycles. The second kappa shape index (κ2) is 11.1. The number of likely N-dealkylation sites (tertiary alicyclic amines) is 1. The SMILES string of the molecule is [2H]C(CC1CCCN1C([2H])([2H])[2H])NS(=O)(=O)c1ccc(OCCC)c(-c2nc3c(C([2H])([2H])CC([2H])([2H])[2H])nn(C([2H])([2H])[2H])c3c(=O)[nH]2)c1. The van der Waals surface area contributed by atoms with Crippen LogP contribution in [-0.2, 0) is 23.4 Å². The Morgan fingerprint density at radius 3 is 3.00 bits per heavy atom. The lowest BCUT2D eigenvalue weighted by Crippen LogP contribution is -2.31. The van der Waals surface area contributed by atoms with Crippen LogP contribution in [0.5, 0.6) is 5.75 Å². The highest BCUT2D eigenvalue weighted by molar-refractivity contribution is 7.89. The van der Waals surface area contributed by atoms with Crippen molar-refractivity contribution < 1.29 is 29.6 Å². The molecule has 2 unspecified atom stereocenters. The highest BCUT2D eigenvalue weighted by Crippen LogP contribution is 2.31. The van der Waals surface area contributed by atoms with E-state index >= 15 is 0 Å². The summed E-state index contributed by atoms with van der Waals surface area (Å²) in [4.78, 5) is 21.0. The highest BCUT2D eigenvalue weighted by atomic mass is 32.2. The van der Waals surface area contributed by atoms with Crippen molar-refractivity contribution in [2.24, 2.45) is 6.98 Å². The number of hydrogen-bond acceptors (Lipinski definition) is 7. The molecule has 1 fully saturated rings. The van der Waals surface area contributed by atoms with Crippen LogP contribution < -0.4 is 15.0 Å². The number of aromatic amines is 1. The molecule has 1 aliphatic rings. The van der Waals surface area contributed by atoms with Gasteiger partial charge in [-0.25, -0.2) is 18.1 Å². The van der Waals surface area contributed by atoms with Gasteiger partial charge in [0.2, 0.25) is 10.0 Å². The number of aryl methyl sites for hydroxylation is 2. The minimum Gasteiger partial charge on any atom is -0.493 e. The summed E-state index contributed by atoms with van der Waals surface area (Å²) in [6, 6.07) is 3.04. The van der Waals surface area contributed by atoms with E-state index in [2.05, 4.69) is 19.8 Å². The molecule has 0 radical (unpaired) electrons. The topological polar surface area (TPSA) is 122 Å². The molecular weight excluding hydrogens is 480 g/mol. The van der Waals surface area contributed by atoms with E-state index in [1.807, 2.05) is 6.92 Å². The van der Waals surface area contributed by atoms with Gasteiger partial charge in [0.1, 0.15) is 17.1 Å². The van der Waals surface area contributed by atoms with Crippen LogP contribution in [0.25, 0.3) is 22.4 Å². The van der Waals surface area contributed by atoms with Gasteiger partial charge in [0.05, 0.1) is 22.8 Å². The van der Waals surface area contributed by atoms with Crippen LogP contribution in [0.15, 0.2) is 27.9 Å². The molecule has 0 bridgehead atoms. The third-order valence-corrected chi connectivity index (χ3v) is 7.12. The van der Waals surface area contributed by atoms with E-state index in [-0.39, 0.29) is 39.7 Å². The van der Waals surface area contributed by atoms with Gasteiger partial charge >= 0.3 is 0 Å². The van der Waals surface area contributed by atoms with E-state index in [9.17, 15) is 13.2 Å². The first-order valence-electron chi connectivity index (χ1n) is 17.5. The van der Waals surface area contributed by atoms with Crippen LogP contribution in [-0.4, -0.2) is 65.8 Å². The predicted molar refractivity (Wildman–Crippen MR) is 140 cm³/mol. The van der Waals surface area contributed by atoms with Gasteiger partial charge in [0, 0.05) is 36.0 Å². The summed E-state index contributed by atoms with van der Waals surface area (Å²) in [6.07, 6.45) is -2.35. The minimum atomic E-state index is -4.43. The average molecular weight is 529 g/mol. The fraction of sp³-hybridized carbons (Fsp3) is 0.560. The van der Waals surface area contributed by atoms with Crippen LogP contribution in [0.4, 0.5) is 0 Å². The maximum Gasteiger partial charge on any atom is 0.277 e. The number of nitrogens with zero attached hydrogens (tertiary/aromatic N) is 4. The summed E-state index contributed by atoms with van der Waals surface area (Å²) in [5.74, 6) is -0.302. The Balaban J connectivity index is 1.82. The van der Waals surface area contributed by atoms with Gasteiger partial charge in [0.25, 0.3) is 5.56 Å². The minimum absolute atomic E-state index is 0.0512. The number of nitrogens with one attached hydrogen (secondary N) is 2. The Hall–Kier alpha value is -2.76.